The lowest BCUT2D eigenvalue weighted by Gasteiger charge is -2.21. The maximum Gasteiger partial charge on any atom is 0.174 e. The van der Waals surface area contributed by atoms with Gasteiger partial charge in [-0.25, -0.2) is 0 Å². The number of hydrogen-bond donors (Lipinski definition) is 2. The number of nitrogens with one attached hydrogen (secondary N) is 2. The van der Waals surface area contributed by atoms with E-state index in [-0.39, 0.29) is 0 Å². The van der Waals surface area contributed by atoms with E-state index in [1.807, 2.05) is 36.4 Å². The van der Waals surface area contributed by atoms with E-state index in [2.05, 4.69) is 38.2 Å². The van der Waals surface area contributed by atoms with Crippen LogP contribution in [0.3, 0.4) is 0 Å². The highest BCUT2D eigenvalue weighted by molar-refractivity contribution is 6.54. The summed E-state index contributed by atoms with van der Waals surface area (Å²) in [5.74, 6) is 1.57. The van der Waals surface area contributed by atoms with Crippen LogP contribution in [0.1, 0.15) is 24.0 Å². The normalized spacial score (nSPS) is 17.2. The Morgan fingerprint density at radius 1 is 1.10 bits per heavy atom. The van der Waals surface area contributed by atoms with Crippen LogP contribution in [-0.4, -0.2) is 35.9 Å². The Balaban J connectivity index is 1.45. The van der Waals surface area contributed by atoms with E-state index in [0.717, 1.165) is 64.1 Å². The molecule has 0 aromatic heterocycles. The van der Waals surface area contributed by atoms with Crippen LogP contribution in [0.2, 0.25) is 5.02 Å². The Bertz CT molecular complexity index is 1120. The molecule has 3 aliphatic rings. The second-order valence-electron chi connectivity index (χ2n) is 7.66. The first-order valence-electron chi connectivity index (χ1n) is 10.3. The van der Waals surface area contributed by atoms with Gasteiger partial charge in [-0.05, 0) is 47.7 Å². The fourth-order valence-corrected chi connectivity index (χ4v) is 4.28. The topological polar surface area (TPSA) is 73.6 Å². The van der Waals surface area contributed by atoms with E-state index in [1.165, 1.54) is 5.57 Å². The van der Waals surface area contributed by atoms with E-state index < -0.39 is 0 Å². The molecule has 0 saturated heterocycles. The van der Waals surface area contributed by atoms with Crippen molar-refractivity contribution in [1.82, 2.24) is 15.9 Å². The number of ether oxygens (including phenoxy) is 1. The smallest absolute Gasteiger partial charge is 0.174 e. The number of rotatable bonds is 5. The summed E-state index contributed by atoms with van der Waals surface area (Å²) in [6.45, 7) is 1.99. The number of halogens is 1. The minimum absolute atomic E-state index is 0.559. The van der Waals surface area contributed by atoms with Crippen LogP contribution in [0.15, 0.2) is 75.0 Å². The predicted octanol–water partition coefficient (Wildman–Crippen LogP) is 3.67. The molecule has 0 unspecified atom stereocenters. The Kier molecular flexibility index (Phi) is 5.34. The van der Waals surface area contributed by atoms with Crippen molar-refractivity contribution in [3.05, 3.63) is 75.8 Å². The predicted molar refractivity (Wildman–Crippen MR) is 123 cm³/mol. The molecule has 2 N–H and O–H groups in total. The van der Waals surface area contributed by atoms with Gasteiger partial charge in [-0.2, -0.15) is 20.8 Å². The van der Waals surface area contributed by atoms with Gasteiger partial charge in [-0.3, -0.25) is 5.01 Å². The van der Waals surface area contributed by atoms with Gasteiger partial charge in [0, 0.05) is 17.1 Å². The summed E-state index contributed by atoms with van der Waals surface area (Å²) >= 11 is 6.36. The molecule has 0 atom stereocenters. The van der Waals surface area contributed by atoms with E-state index in [1.54, 1.807) is 7.11 Å². The summed E-state index contributed by atoms with van der Waals surface area (Å²) in [6, 6.07) is 15.9. The van der Waals surface area contributed by atoms with Crippen LogP contribution in [0.5, 0.6) is 5.75 Å². The van der Waals surface area contributed by atoms with Crippen LogP contribution >= 0.6 is 11.6 Å². The van der Waals surface area contributed by atoms with Gasteiger partial charge in [0.25, 0.3) is 0 Å². The Labute approximate surface area is 186 Å². The second kappa shape index (κ2) is 8.43. The number of hydrazone groups is 3. The molecule has 31 heavy (non-hydrogen) atoms. The molecule has 1 aliphatic carbocycles. The fourth-order valence-electron chi connectivity index (χ4n) is 4.08. The van der Waals surface area contributed by atoms with Crippen molar-refractivity contribution in [3.8, 4) is 5.75 Å². The largest absolute Gasteiger partial charge is 0.497 e. The highest BCUT2D eigenvalue weighted by atomic mass is 35.5. The number of nitrogens with zero attached hydrogens (tertiary/aromatic N) is 4. The van der Waals surface area contributed by atoms with Crippen molar-refractivity contribution in [2.75, 3.05) is 13.7 Å². The van der Waals surface area contributed by atoms with Crippen LogP contribution < -0.4 is 15.6 Å². The van der Waals surface area contributed by atoms with Crippen molar-refractivity contribution in [2.24, 2.45) is 15.3 Å². The third-order valence-corrected chi connectivity index (χ3v) is 6.03. The molecule has 0 fully saturated rings. The first-order valence-corrected chi connectivity index (χ1v) is 10.6. The third kappa shape index (κ3) is 4.01. The van der Waals surface area contributed by atoms with Crippen LogP contribution in [-0.2, 0) is 13.1 Å². The molecule has 2 heterocycles. The quantitative estimate of drug-likeness (QED) is 0.753. The highest BCUT2D eigenvalue weighted by Crippen LogP contribution is 2.30. The molecule has 2 aliphatic heterocycles. The molecule has 2 aromatic rings. The number of hydrogen-bond acceptors (Lipinski definition) is 7. The first kappa shape index (κ1) is 19.6. The standard InChI is InChI=1S/C23H23ClN6O/c1-31-18-9-6-15(7-10-18)13-30-14-17-8-11-20-21(17)22(27-29-26-20)23(28-30)25-12-16-4-2-3-5-19(16)24/h2-7,9-10,29H,8,11-14H2,1H3,(H,25,28). The summed E-state index contributed by atoms with van der Waals surface area (Å²) in [4.78, 5) is 0. The van der Waals surface area contributed by atoms with Crippen molar-refractivity contribution >= 4 is 28.9 Å². The monoisotopic (exact) mass is 434 g/mol. The van der Waals surface area contributed by atoms with E-state index in [0.29, 0.717) is 13.1 Å². The highest BCUT2D eigenvalue weighted by Gasteiger charge is 2.33. The van der Waals surface area contributed by atoms with Crippen molar-refractivity contribution < 1.29 is 4.74 Å². The zero-order valence-corrected chi connectivity index (χ0v) is 18.0. The van der Waals surface area contributed by atoms with Gasteiger partial charge < -0.3 is 10.1 Å². The molecule has 7 nitrogen and oxygen atoms in total. The minimum atomic E-state index is 0.559. The van der Waals surface area contributed by atoms with Gasteiger partial charge in [0.1, 0.15) is 11.5 Å². The molecule has 8 heteroatoms. The zero-order chi connectivity index (χ0) is 21.2. The van der Waals surface area contributed by atoms with Crippen LogP contribution in [0, 0.1) is 0 Å². The van der Waals surface area contributed by atoms with E-state index in [4.69, 9.17) is 21.4 Å². The zero-order valence-electron chi connectivity index (χ0n) is 17.2. The maximum absolute atomic E-state index is 6.36. The van der Waals surface area contributed by atoms with Crippen LogP contribution in [0.4, 0.5) is 0 Å². The molecule has 0 bridgehead atoms. The molecule has 0 spiro atoms. The van der Waals surface area contributed by atoms with Crippen molar-refractivity contribution in [3.63, 3.8) is 0 Å². The molecular formula is C23H23ClN6O. The molecule has 5 rings (SSSR count). The number of methoxy groups -OCH3 is 1. The van der Waals surface area contributed by atoms with Crippen molar-refractivity contribution in [1.29, 1.82) is 0 Å². The van der Waals surface area contributed by atoms with Gasteiger partial charge in [0.05, 0.1) is 25.9 Å². The van der Waals surface area contributed by atoms with Gasteiger partial charge in [-0.15, -0.1) is 0 Å². The van der Waals surface area contributed by atoms with E-state index in [9.17, 15) is 0 Å². The Morgan fingerprint density at radius 2 is 1.94 bits per heavy atom. The second-order valence-corrected chi connectivity index (χ2v) is 8.07. The number of amidine groups is 1. The summed E-state index contributed by atoms with van der Waals surface area (Å²) < 4.78 is 5.28. The fraction of sp³-hybridized carbons (Fsp3) is 0.261. The van der Waals surface area contributed by atoms with Gasteiger partial charge in [-0.1, -0.05) is 41.9 Å². The summed E-state index contributed by atoms with van der Waals surface area (Å²) in [6.07, 6.45) is 1.89. The molecule has 0 radical (unpaired) electrons. The van der Waals surface area contributed by atoms with Crippen molar-refractivity contribution in [2.45, 2.75) is 25.9 Å². The summed E-state index contributed by atoms with van der Waals surface area (Å²) in [5, 5.41) is 20.1. The summed E-state index contributed by atoms with van der Waals surface area (Å²) in [5.41, 5.74) is 9.32. The lowest BCUT2D eigenvalue weighted by molar-refractivity contribution is 0.302. The maximum atomic E-state index is 6.36. The first-order chi connectivity index (χ1) is 15.2. The minimum Gasteiger partial charge on any atom is -0.497 e. The number of benzene rings is 2. The van der Waals surface area contributed by atoms with Gasteiger partial charge >= 0.3 is 0 Å². The third-order valence-electron chi connectivity index (χ3n) is 5.66. The van der Waals surface area contributed by atoms with Gasteiger partial charge in [0.15, 0.2) is 5.84 Å². The summed E-state index contributed by atoms with van der Waals surface area (Å²) in [7, 11) is 1.68. The average Bonchev–Trinajstić information content (AvgIpc) is 3.14. The Morgan fingerprint density at radius 3 is 2.74 bits per heavy atom. The molecule has 158 valence electrons. The molecule has 0 amide bonds. The SMILES string of the molecule is COc1ccc(CN2CC3=C4C(=NNN=C4C(NCc4ccccc4Cl)=N2)CC3)cc1. The molecular weight excluding hydrogens is 412 g/mol. The Hall–Kier alpha value is -3.32. The lowest BCUT2D eigenvalue weighted by Crippen LogP contribution is -2.37. The van der Waals surface area contributed by atoms with Gasteiger partial charge in [0.2, 0.25) is 0 Å². The lowest BCUT2D eigenvalue weighted by atomic mass is 10.0. The molecule has 0 saturated carbocycles. The van der Waals surface area contributed by atoms with Crippen LogP contribution in [0.25, 0.3) is 0 Å². The van der Waals surface area contributed by atoms with E-state index >= 15 is 0 Å². The average molecular weight is 435 g/mol. The molecule has 2 aromatic carbocycles.